The van der Waals surface area contributed by atoms with Crippen molar-refractivity contribution in [3.8, 4) is 0 Å². The maximum atomic E-state index is 11.4. The highest BCUT2D eigenvalue weighted by molar-refractivity contribution is 5.76. The van der Waals surface area contributed by atoms with Gasteiger partial charge in [0.15, 0.2) is 5.58 Å². The zero-order valence-electron chi connectivity index (χ0n) is 8.66. The van der Waals surface area contributed by atoms with Crippen molar-refractivity contribution in [2.75, 3.05) is 0 Å². The van der Waals surface area contributed by atoms with Crippen LogP contribution in [0.1, 0.15) is 6.42 Å². The number of fused-ring (bicyclic) bond motifs is 1. The number of carbonyl (C=O) groups is 1. The second-order valence-electron chi connectivity index (χ2n) is 3.38. The zero-order valence-corrected chi connectivity index (χ0v) is 8.66. The fourth-order valence-corrected chi connectivity index (χ4v) is 1.56. The third-order valence-electron chi connectivity index (χ3n) is 2.33. The summed E-state index contributed by atoms with van der Waals surface area (Å²) in [4.78, 5) is 31.8. The minimum atomic E-state index is -0.623. The van der Waals surface area contributed by atoms with Crippen molar-refractivity contribution in [1.82, 2.24) is 4.57 Å². The van der Waals surface area contributed by atoms with Gasteiger partial charge in [-0.2, -0.15) is 0 Å². The van der Waals surface area contributed by atoms with Gasteiger partial charge in [0.25, 0.3) is 5.69 Å². The van der Waals surface area contributed by atoms with Gasteiger partial charge in [0.05, 0.1) is 10.4 Å². The van der Waals surface area contributed by atoms with Crippen LogP contribution in [0.4, 0.5) is 5.69 Å². The lowest BCUT2D eigenvalue weighted by atomic mass is 10.3. The molecule has 7 heteroatoms. The molecule has 0 unspecified atom stereocenters. The Kier molecular flexibility index (Phi) is 2.73. The summed E-state index contributed by atoms with van der Waals surface area (Å²) in [7, 11) is 0. The number of aromatic nitrogens is 1. The molecule has 0 N–H and O–H groups in total. The van der Waals surface area contributed by atoms with Gasteiger partial charge in [-0.05, 0) is 6.07 Å². The first-order valence-corrected chi connectivity index (χ1v) is 4.85. The van der Waals surface area contributed by atoms with E-state index in [0.717, 1.165) is 0 Å². The molecular formula is C10H8N2O5. The first kappa shape index (κ1) is 11.1. The third kappa shape index (κ3) is 1.94. The van der Waals surface area contributed by atoms with Crippen molar-refractivity contribution in [1.29, 1.82) is 0 Å². The van der Waals surface area contributed by atoms with E-state index in [9.17, 15) is 19.7 Å². The summed E-state index contributed by atoms with van der Waals surface area (Å²) >= 11 is 0. The van der Waals surface area contributed by atoms with Crippen LogP contribution in [-0.4, -0.2) is 15.8 Å². The number of benzene rings is 1. The van der Waals surface area contributed by atoms with Crippen molar-refractivity contribution in [2.24, 2.45) is 0 Å². The minimum Gasteiger partial charge on any atom is -0.408 e. The number of carbonyl (C=O) groups excluding carboxylic acids is 1. The summed E-state index contributed by atoms with van der Waals surface area (Å²) in [6.45, 7) is 0.149. The summed E-state index contributed by atoms with van der Waals surface area (Å²) in [6.07, 6.45) is 0.819. The zero-order chi connectivity index (χ0) is 12.4. The Morgan fingerprint density at radius 1 is 1.47 bits per heavy atom. The highest BCUT2D eigenvalue weighted by atomic mass is 16.6. The van der Waals surface area contributed by atoms with Crippen LogP contribution in [-0.2, 0) is 11.3 Å². The molecule has 0 saturated heterocycles. The number of non-ortho nitro benzene ring substituents is 1. The quantitative estimate of drug-likeness (QED) is 0.449. The van der Waals surface area contributed by atoms with E-state index in [0.29, 0.717) is 11.8 Å². The fourth-order valence-electron chi connectivity index (χ4n) is 1.56. The Labute approximate surface area is 94.4 Å². The Bertz CT molecular complexity index is 640. The summed E-state index contributed by atoms with van der Waals surface area (Å²) in [5.41, 5.74) is 0.468. The van der Waals surface area contributed by atoms with Gasteiger partial charge in [-0.3, -0.25) is 14.7 Å². The Morgan fingerprint density at radius 2 is 2.24 bits per heavy atom. The molecule has 0 bridgehead atoms. The van der Waals surface area contributed by atoms with Gasteiger partial charge in [-0.1, -0.05) is 0 Å². The third-order valence-corrected chi connectivity index (χ3v) is 2.33. The van der Waals surface area contributed by atoms with Gasteiger partial charge < -0.3 is 9.21 Å². The number of oxazole rings is 1. The van der Waals surface area contributed by atoms with Crippen LogP contribution in [0.3, 0.4) is 0 Å². The maximum absolute atomic E-state index is 11.4. The Morgan fingerprint density at radius 3 is 2.88 bits per heavy atom. The summed E-state index contributed by atoms with van der Waals surface area (Å²) in [6, 6.07) is 3.88. The molecule has 2 aromatic rings. The topological polar surface area (TPSA) is 95.3 Å². The van der Waals surface area contributed by atoms with E-state index < -0.39 is 10.7 Å². The van der Waals surface area contributed by atoms with Gasteiger partial charge in [-0.25, -0.2) is 4.79 Å². The first-order valence-electron chi connectivity index (χ1n) is 4.85. The van der Waals surface area contributed by atoms with E-state index >= 15 is 0 Å². The Balaban J connectivity index is 2.60. The van der Waals surface area contributed by atoms with Crippen molar-refractivity contribution >= 4 is 23.1 Å². The molecule has 0 saturated carbocycles. The standard InChI is InChI=1S/C10H8N2O5/c13-5-1-4-11-8-6-7(12(15)16)2-3-9(8)17-10(11)14/h2-3,5-6H,1,4H2. The van der Waals surface area contributed by atoms with E-state index in [1.807, 2.05) is 0 Å². The van der Waals surface area contributed by atoms with E-state index in [2.05, 4.69) is 0 Å². The molecule has 0 aliphatic rings. The summed E-state index contributed by atoms with van der Waals surface area (Å²) < 4.78 is 6.10. The molecular weight excluding hydrogens is 228 g/mol. The molecule has 0 aliphatic carbocycles. The molecule has 2 rings (SSSR count). The van der Waals surface area contributed by atoms with Gasteiger partial charge in [0.2, 0.25) is 0 Å². The number of aryl methyl sites for hydroxylation is 1. The summed E-state index contributed by atoms with van der Waals surface area (Å²) in [5.74, 6) is -0.623. The predicted molar refractivity (Wildman–Crippen MR) is 57.8 cm³/mol. The van der Waals surface area contributed by atoms with Crippen molar-refractivity contribution in [3.05, 3.63) is 38.9 Å². The second-order valence-corrected chi connectivity index (χ2v) is 3.38. The molecule has 0 fully saturated rings. The molecule has 1 aromatic heterocycles. The van der Waals surface area contributed by atoms with Gasteiger partial charge in [0.1, 0.15) is 6.29 Å². The molecule has 0 radical (unpaired) electrons. The monoisotopic (exact) mass is 236 g/mol. The van der Waals surface area contributed by atoms with Crippen LogP contribution in [0.25, 0.3) is 11.1 Å². The van der Waals surface area contributed by atoms with E-state index in [-0.39, 0.29) is 24.2 Å². The van der Waals surface area contributed by atoms with Gasteiger partial charge in [-0.15, -0.1) is 0 Å². The smallest absolute Gasteiger partial charge is 0.408 e. The van der Waals surface area contributed by atoms with Crippen LogP contribution < -0.4 is 5.76 Å². The number of hydrogen-bond acceptors (Lipinski definition) is 5. The molecule has 7 nitrogen and oxygen atoms in total. The average Bonchev–Trinajstić information content (AvgIpc) is 2.61. The SMILES string of the molecule is O=CCCn1c(=O)oc2ccc([N+](=O)[O-])cc21. The number of aldehydes is 1. The summed E-state index contributed by atoms with van der Waals surface area (Å²) in [5, 5.41) is 10.6. The lowest BCUT2D eigenvalue weighted by Gasteiger charge is -1.97. The second kappa shape index (κ2) is 4.20. The normalized spacial score (nSPS) is 10.6. The largest absolute Gasteiger partial charge is 0.419 e. The van der Waals surface area contributed by atoms with Crippen LogP contribution >= 0.6 is 0 Å². The van der Waals surface area contributed by atoms with Gasteiger partial charge in [0, 0.05) is 25.1 Å². The fraction of sp³-hybridized carbons (Fsp3) is 0.200. The highest BCUT2D eigenvalue weighted by Gasteiger charge is 2.13. The number of rotatable bonds is 4. The van der Waals surface area contributed by atoms with E-state index in [4.69, 9.17) is 4.42 Å². The molecule has 0 spiro atoms. The highest BCUT2D eigenvalue weighted by Crippen LogP contribution is 2.20. The molecule has 0 amide bonds. The van der Waals surface area contributed by atoms with Crippen molar-refractivity contribution in [2.45, 2.75) is 13.0 Å². The number of nitro benzene ring substituents is 1. The molecule has 1 heterocycles. The number of nitro groups is 1. The van der Waals surface area contributed by atoms with Crippen molar-refractivity contribution in [3.63, 3.8) is 0 Å². The minimum absolute atomic E-state index is 0.127. The molecule has 1 aromatic carbocycles. The first-order chi connectivity index (χ1) is 8.13. The lowest BCUT2D eigenvalue weighted by Crippen LogP contribution is -2.14. The predicted octanol–water partition coefficient (Wildman–Crippen LogP) is 1.09. The van der Waals surface area contributed by atoms with Crippen LogP contribution in [0.15, 0.2) is 27.4 Å². The van der Waals surface area contributed by atoms with Crippen LogP contribution in [0.5, 0.6) is 0 Å². The lowest BCUT2D eigenvalue weighted by molar-refractivity contribution is -0.384. The van der Waals surface area contributed by atoms with E-state index in [1.165, 1.54) is 22.8 Å². The number of hydrogen-bond donors (Lipinski definition) is 0. The molecule has 0 atom stereocenters. The van der Waals surface area contributed by atoms with Gasteiger partial charge >= 0.3 is 5.76 Å². The molecule has 88 valence electrons. The molecule has 0 aliphatic heterocycles. The average molecular weight is 236 g/mol. The maximum Gasteiger partial charge on any atom is 0.419 e. The van der Waals surface area contributed by atoms with Crippen molar-refractivity contribution < 1.29 is 14.1 Å². The molecule has 17 heavy (non-hydrogen) atoms. The number of nitrogens with zero attached hydrogens (tertiary/aromatic N) is 2. The van der Waals surface area contributed by atoms with E-state index in [1.54, 1.807) is 0 Å². The Hall–Kier alpha value is -2.44. The van der Waals surface area contributed by atoms with Crippen LogP contribution in [0, 0.1) is 10.1 Å². The van der Waals surface area contributed by atoms with Crippen LogP contribution in [0.2, 0.25) is 0 Å².